The first kappa shape index (κ1) is 14.0. The minimum atomic E-state index is -0.447. The Bertz CT molecular complexity index is 628. The second kappa shape index (κ2) is 6.14. The highest BCUT2D eigenvalue weighted by molar-refractivity contribution is 6.07. The topological polar surface area (TPSA) is 54.0 Å². The van der Waals surface area contributed by atoms with Crippen molar-refractivity contribution >= 4 is 17.4 Å². The predicted molar refractivity (Wildman–Crippen MR) is 77.5 cm³/mol. The summed E-state index contributed by atoms with van der Waals surface area (Å²) in [4.78, 5) is 16.3. The Morgan fingerprint density at radius 2 is 2.15 bits per heavy atom. The first-order chi connectivity index (χ1) is 9.61. The molecule has 2 N–H and O–H groups in total. The van der Waals surface area contributed by atoms with Gasteiger partial charge in [0.2, 0.25) is 0 Å². The van der Waals surface area contributed by atoms with Gasteiger partial charge in [0.25, 0.3) is 5.91 Å². The van der Waals surface area contributed by atoms with E-state index in [0.717, 1.165) is 5.56 Å². The molecule has 20 heavy (non-hydrogen) atoms. The smallest absolute Gasteiger partial charge is 0.259 e. The lowest BCUT2D eigenvalue weighted by molar-refractivity contribution is 0.102. The van der Waals surface area contributed by atoms with E-state index in [-0.39, 0.29) is 11.3 Å². The summed E-state index contributed by atoms with van der Waals surface area (Å²) < 4.78 is 13.7. The number of pyridine rings is 1. The van der Waals surface area contributed by atoms with Crippen molar-refractivity contribution in [3.8, 4) is 0 Å². The molecule has 1 aromatic heterocycles. The summed E-state index contributed by atoms with van der Waals surface area (Å²) in [6.07, 6.45) is 1.61. The SMILES string of the molecule is CCNc1c(F)cccc1C(=O)Nc1cc(C)ccn1. The van der Waals surface area contributed by atoms with Gasteiger partial charge in [0.1, 0.15) is 11.6 Å². The van der Waals surface area contributed by atoms with Gasteiger partial charge in [0, 0.05) is 12.7 Å². The molecule has 0 aliphatic carbocycles. The number of amides is 1. The number of anilines is 2. The minimum Gasteiger partial charge on any atom is -0.382 e. The lowest BCUT2D eigenvalue weighted by atomic mass is 10.1. The molecule has 0 unspecified atom stereocenters. The van der Waals surface area contributed by atoms with Crippen molar-refractivity contribution in [2.75, 3.05) is 17.2 Å². The first-order valence-corrected chi connectivity index (χ1v) is 6.38. The van der Waals surface area contributed by atoms with Crippen LogP contribution in [0, 0.1) is 12.7 Å². The molecule has 4 nitrogen and oxygen atoms in total. The second-order valence-corrected chi connectivity index (χ2v) is 4.37. The fourth-order valence-electron chi connectivity index (χ4n) is 1.86. The first-order valence-electron chi connectivity index (χ1n) is 6.38. The van der Waals surface area contributed by atoms with Crippen molar-refractivity contribution in [3.63, 3.8) is 0 Å². The van der Waals surface area contributed by atoms with Gasteiger partial charge in [0.15, 0.2) is 0 Å². The number of aryl methyl sites for hydroxylation is 1. The number of carbonyl (C=O) groups is 1. The molecule has 1 aromatic carbocycles. The van der Waals surface area contributed by atoms with Gasteiger partial charge in [-0.25, -0.2) is 9.37 Å². The Hall–Kier alpha value is -2.43. The third-order valence-corrected chi connectivity index (χ3v) is 2.77. The van der Waals surface area contributed by atoms with E-state index in [2.05, 4.69) is 15.6 Å². The van der Waals surface area contributed by atoms with Gasteiger partial charge in [-0.2, -0.15) is 0 Å². The summed E-state index contributed by atoms with van der Waals surface area (Å²) in [5, 5.41) is 5.53. The number of carbonyl (C=O) groups excluding carboxylic acids is 1. The Morgan fingerprint density at radius 1 is 1.35 bits per heavy atom. The number of para-hydroxylation sites is 1. The molecule has 0 fully saturated rings. The third kappa shape index (κ3) is 3.12. The Labute approximate surface area is 117 Å². The number of aromatic nitrogens is 1. The summed E-state index contributed by atoms with van der Waals surface area (Å²) in [6, 6.07) is 7.99. The van der Waals surface area contributed by atoms with Gasteiger partial charge >= 0.3 is 0 Å². The average Bonchev–Trinajstić information content (AvgIpc) is 2.41. The lowest BCUT2D eigenvalue weighted by Crippen LogP contribution is -2.16. The number of benzene rings is 1. The number of rotatable bonds is 4. The molecule has 0 atom stereocenters. The summed E-state index contributed by atoms with van der Waals surface area (Å²) in [6.45, 7) is 4.28. The highest BCUT2D eigenvalue weighted by Gasteiger charge is 2.15. The number of hydrogen-bond acceptors (Lipinski definition) is 3. The van der Waals surface area contributed by atoms with Gasteiger partial charge in [0.05, 0.1) is 11.3 Å². The standard InChI is InChI=1S/C15H16FN3O/c1-3-17-14-11(5-4-6-12(14)16)15(20)19-13-9-10(2)7-8-18-13/h4-9,17H,3H2,1-2H3,(H,18,19,20). The fourth-order valence-corrected chi connectivity index (χ4v) is 1.86. The van der Waals surface area contributed by atoms with Crippen LogP contribution < -0.4 is 10.6 Å². The van der Waals surface area contributed by atoms with Gasteiger partial charge in [-0.05, 0) is 43.7 Å². The van der Waals surface area contributed by atoms with Crippen molar-refractivity contribution in [1.82, 2.24) is 4.98 Å². The summed E-state index contributed by atoms with van der Waals surface area (Å²) in [5.41, 5.74) is 1.46. The lowest BCUT2D eigenvalue weighted by Gasteiger charge is -2.11. The van der Waals surface area contributed by atoms with E-state index >= 15 is 0 Å². The highest BCUT2D eigenvalue weighted by Crippen LogP contribution is 2.20. The Balaban J connectivity index is 2.27. The quantitative estimate of drug-likeness (QED) is 0.899. The van der Waals surface area contributed by atoms with Crippen LogP contribution in [-0.2, 0) is 0 Å². The molecule has 5 heteroatoms. The molecule has 0 aliphatic rings. The van der Waals surface area contributed by atoms with E-state index in [1.165, 1.54) is 12.1 Å². The van der Waals surface area contributed by atoms with Crippen LogP contribution >= 0.6 is 0 Å². The number of nitrogens with zero attached hydrogens (tertiary/aromatic N) is 1. The number of halogens is 1. The van der Waals surface area contributed by atoms with Crippen LogP contribution in [0.2, 0.25) is 0 Å². The monoisotopic (exact) mass is 273 g/mol. The van der Waals surface area contributed by atoms with E-state index < -0.39 is 11.7 Å². The fraction of sp³-hybridized carbons (Fsp3) is 0.200. The molecule has 0 radical (unpaired) electrons. The average molecular weight is 273 g/mol. The van der Waals surface area contributed by atoms with Crippen molar-refractivity contribution in [2.24, 2.45) is 0 Å². The van der Waals surface area contributed by atoms with Crippen LogP contribution in [0.5, 0.6) is 0 Å². The molecular formula is C15H16FN3O. The highest BCUT2D eigenvalue weighted by atomic mass is 19.1. The van der Waals surface area contributed by atoms with E-state index in [1.54, 1.807) is 18.3 Å². The van der Waals surface area contributed by atoms with Crippen LogP contribution in [0.15, 0.2) is 36.5 Å². The summed E-state index contributed by atoms with van der Waals surface area (Å²) in [5.74, 6) is -0.392. The number of nitrogens with one attached hydrogen (secondary N) is 2. The molecule has 0 saturated heterocycles. The zero-order valence-corrected chi connectivity index (χ0v) is 11.4. The van der Waals surface area contributed by atoms with Crippen molar-refractivity contribution in [2.45, 2.75) is 13.8 Å². The van der Waals surface area contributed by atoms with Gasteiger partial charge in [-0.1, -0.05) is 6.07 Å². The van der Waals surface area contributed by atoms with Gasteiger partial charge in [-0.15, -0.1) is 0 Å². The molecule has 0 spiro atoms. The summed E-state index contributed by atoms with van der Waals surface area (Å²) >= 11 is 0. The predicted octanol–water partition coefficient (Wildman–Crippen LogP) is 3.21. The molecule has 2 aromatic rings. The van der Waals surface area contributed by atoms with E-state index in [1.807, 2.05) is 19.9 Å². The molecular weight excluding hydrogens is 257 g/mol. The second-order valence-electron chi connectivity index (χ2n) is 4.37. The van der Waals surface area contributed by atoms with E-state index in [4.69, 9.17) is 0 Å². The molecule has 0 aliphatic heterocycles. The molecule has 0 saturated carbocycles. The van der Waals surface area contributed by atoms with Crippen LogP contribution in [0.3, 0.4) is 0 Å². The zero-order valence-electron chi connectivity index (χ0n) is 11.4. The minimum absolute atomic E-state index is 0.208. The van der Waals surface area contributed by atoms with Crippen LogP contribution in [-0.4, -0.2) is 17.4 Å². The Morgan fingerprint density at radius 3 is 2.85 bits per heavy atom. The Kier molecular flexibility index (Phi) is 4.30. The molecule has 1 amide bonds. The molecule has 104 valence electrons. The normalized spacial score (nSPS) is 10.2. The largest absolute Gasteiger partial charge is 0.382 e. The summed E-state index contributed by atoms with van der Waals surface area (Å²) in [7, 11) is 0. The third-order valence-electron chi connectivity index (χ3n) is 2.77. The van der Waals surface area contributed by atoms with Gasteiger partial charge < -0.3 is 10.6 Å². The molecule has 1 heterocycles. The number of hydrogen-bond donors (Lipinski definition) is 2. The maximum Gasteiger partial charge on any atom is 0.259 e. The maximum absolute atomic E-state index is 13.7. The van der Waals surface area contributed by atoms with Crippen molar-refractivity contribution in [1.29, 1.82) is 0 Å². The van der Waals surface area contributed by atoms with Crippen LogP contribution in [0.25, 0.3) is 0 Å². The zero-order chi connectivity index (χ0) is 14.5. The molecule has 0 bridgehead atoms. The van der Waals surface area contributed by atoms with Crippen LogP contribution in [0.1, 0.15) is 22.8 Å². The maximum atomic E-state index is 13.7. The molecule has 2 rings (SSSR count). The van der Waals surface area contributed by atoms with E-state index in [9.17, 15) is 9.18 Å². The van der Waals surface area contributed by atoms with Gasteiger partial charge in [-0.3, -0.25) is 4.79 Å². The van der Waals surface area contributed by atoms with Crippen molar-refractivity contribution in [3.05, 3.63) is 53.5 Å². The van der Waals surface area contributed by atoms with E-state index in [0.29, 0.717) is 12.4 Å². The van der Waals surface area contributed by atoms with Crippen LogP contribution in [0.4, 0.5) is 15.9 Å². The van der Waals surface area contributed by atoms with Crippen molar-refractivity contribution < 1.29 is 9.18 Å².